The SMILES string of the molecule is C#Cc1cccc(S(=O)(=O)NC)c1. The molecule has 0 unspecified atom stereocenters. The largest absolute Gasteiger partial charge is 0.240 e. The molecule has 0 aliphatic carbocycles. The monoisotopic (exact) mass is 195 g/mol. The molecular weight excluding hydrogens is 186 g/mol. The summed E-state index contributed by atoms with van der Waals surface area (Å²) in [4.78, 5) is 0.186. The van der Waals surface area contributed by atoms with Crippen molar-refractivity contribution in [2.45, 2.75) is 4.90 Å². The predicted molar refractivity (Wildman–Crippen MR) is 50.6 cm³/mol. The fourth-order valence-corrected chi connectivity index (χ4v) is 1.65. The number of hydrogen-bond acceptors (Lipinski definition) is 2. The van der Waals surface area contributed by atoms with Gasteiger partial charge >= 0.3 is 0 Å². The molecule has 0 amide bonds. The van der Waals surface area contributed by atoms with E-state index in [9.17, 15) is 8.42 Å². The second-order valence-electron chi connectivity index (χ2n) is 2.38. The molecule has 0 radical (unpaired) electrons. The Hall–Kier alpha value is -1.31. The van der Waals surface area contributed by atoms with E-state index in [-0.39, 0.29) is 4.90 Å². The molecule has 3 nitrogen and oxygen atoms in total. The Balaban J connectivity index is 3.27. The van der Waals surface area contributed by atoms with Crippen molar-refractivity contribution in [1.29, 1.82) is 0 Å². The fourth-order valence-electron chi connectivity index (χ4n) is 0.871. The van der Waals surface area contributed by atoms with Crippen LogP contribution < -0.4 is 4.72 Å². The summed E-state index contributed by atoms with van der Waals surface area (Å²) in [5.74, 6) is 2.37. The highest BCUT2D eigenvalue weighted by molar-refractivity contribution is 7.89. The van der Waals surface area contributed by atoms with E-state index in [1.54, 1.807) is 12.1 Å². The van der Waals surface area contributed by atoms with Crippen LogP contribution in [0.1, 0.15) is 5.56 Å². The first-order valence-electron chi connectivity index (χ1n) is 3.60. The van der Waals surface area contributed by atoms with Gasteiger partial charge in [0.25, 0.3) is 0 Å². The van der Waals surface area contributed by atoms with Gasteiger partial charge in [0.1, 0.15) is 0 Å². The third kappa shape index (κ3) is 2.08. The van der Waals surface area contributed by atoms with Gasteiger partial charge in [-0.05, 0) is 25.2 Å². The first-order chi connectivity index (χ1) is 6.10. The number of sulfonamides is 1. The van der Waals surface area contributed by atoms with Gasteiger partial charge in [0.15, 0.2) is 0 Å². The molecule has 1 aromatic rings. The van der Waals surface area contributed by atoms with Crippen LogP contribution >= 0.6 is 0 Å². The predicted octanol–water partition coefficient (Wildman–Crippen LogP) is 0.576. The molecule has 0 heterocycles. The van der Waals surface area contributed by atoms with E-state index in [1.165, 1.54) is 19.2 Å². The van der Waals surface area contributed by atoms with E-state index in [2.05, 4.69) is 10.6 Å². The molecule has 0 aliphatic rings. The van der Waals surface area contributed by atoms with Crippen LogP contribution in [0.15, 0.2) is 29.2 Å². The number of rotatable bonds is 2. The van der Waals surface area contributed by atoms with E-state index < -0.39 is 10.0 Å². The minimum absolute atomic E-state index is 0.186. The van der Waals surface area contributed by atoms with Crippen molar-refractivity contribution in [2.75, 3.05) is 7.05 Å². The summed E-state index contributed by atoms with van der Waals surface area (Å²) in [5.41, 5.74) is 0.552. The molecule has 0 atom stereocenters. The van der Waals surface area contributed by atoms with Crippen LogP contribution in [-0.2, 0) is 10.0 Å². The lowest BCUT2D eigenvalue weighted by Crippen LogP contribution is -2.18. The Morgan fingerprint density at radius 2 is 2.15 bits per heavy atom. The summed E-state index contributed by atoms with van der Waals surface area (Å²) in [7, 11) is -2.02. The zero-order valence-electron chi connectivity index (χ0n) is 7.11. The van der Waals surface area contributed by atoms with Crippen molar-refractivity contribution in [2.24, 2.45) is 0 Å². The lowest BCUT2D eigenvalue weighted by molar-refractivity contribution is 0.588. The van der Waals surface area contributed by atoms with Gasteiger partial charge in [-0.25, -0.2) is 13.1 Å². The molecule has 68 valence electrons. The van der Waals surface area contributed by atoms with Crippen LogP contribution in [0.3, 0.4) is 0 Å². The molecule has 0 spiro atoms. The second kappa shape index (κ2) is 3.60. The van der Waals surface area contributed by atoms with Gasteiger partial charge in [-0.1, -0.05) is 12.0 Å². The van der Waals surface area contributed by atoms with Gasteiger partial charge in [-0.15, -0.1) is 6.42 Å². The van der Waals surface area contributed by atoms with Crippen molar-refractivity contribution in [1.82, 2.24) is 4.72 Å². The summed E-state index contributed by atoms with van der Waals surface area (Å²) in [5, 5.41) is 0. The van der Waals surface area contributed by atoms with Crippen molar-refractivity contribution in [3.8, 4) is 12.3 Å². The lowest BCUT2D eigenvalue weighted by atomic mass is 10.2. The molecule has 1 rings (SSSR count). The van der Waals surface area contributed by atoms with E-state index in [1.807, 2.05) is 0 Å². The maximum absolute atomic E-state index is 11.3. The minimum Gasteiger partial charge on any atom is -0.214 e. The van der Waals surface area contributed by atoms with Crippen molar-refractivity contribution >= 4 is 10.0 Å². The van der Waals surface area contributed by atoms with Crippen molar-refractivity contribution in [3.63, 3.8) is 0 Å². The smallest absolute Gasteiger partial charge is 0.214 e. The number of terminal acetylenes is 1. The summed E-state index contributed by atoms with van der Waals surface area (Å²) >= 11 is 0. The van der Waals surface area contributed by atoms with E-state index >= 15 is 0 Å². The van der Waals surface area contributed by atoms with Gasteiger partial charge in [-0.2, -0.15) is 0 Å². The number of nitrogens with one attached hydrogen (secondary N) is 1. The highest BCUT2D eigenvalue weighted by atomic mass is 32.2. The highest BCUT2D eigenvalue weighted by Gasteiger charge is 2.10. The lowest BCUT2D eigenvalue weighted by Gasteiger charge is -2.01. The second-order valence-corrected chi connectivity index (χ2v) is 4.27. The van der Waals surface area contributed by atoms with Crippen LogP contribution in [-0.4, -0.2) is 15.5 Å². The first-order valence-corrected chi connectivity index (χ1v) is 5.08. The number of benzene rings is 1. The fraction of sp³-hybridized carbons (Fsp3) is 0.111. The Labute approximate surface area is 77.8 Å². The molecular formula is C9H9NO2S. The van der Waals surface area contributed by atoms with Crippen LogP contribution in [0.5, 0.6) is 0 Å². The third-order valence-corrected chi connectivity index (χ3v) is 2.99. The molecule has 0 saturated carbocycles. The summed E-state index contributed by atoms with van der Waals surface area (Å²) in [6.07, 6.45) is 5.14. The van der Waals surface area contributed by atoms with Gasteiger partial charge in [0.2, 0.25) is 10.0 Å². The molecule has 0 saturated heterocycles. The first kappa shape index (κ1) is 9.78. The molecule has 4 heteroatoms. The topological polar surface area (TPSA) is 46.2 Å². The molecule has 1 aromatic carbocycles. The van der Waals surface area contributed by atoms with Gasteiger partial charge in [0.05, 0.1) is 4.90 Å². The van der Waals surface area contributed by atoms with E-state index in [0.717, 1.165) is 0 Å². The third-order valence-electron chi connectivity index (χ3n) is 1.58. The maximum atomic E-state index is 11.3. The Morgan fingerprint density at radius 1 is 1.46 bits per heavy atom. The summed E-state index contributed by atoms with van der Waals surface area (Å²) in [6.45, 7) is 0. The van der Waals surface area contributed by atoms with Crippen LogP contribution in [0.4, 0.5) is 0 Å². The molecule has 0 aromatic heterocycles. The van der Waals surface area contributed by atoms with E-state index in [0.29, 0.717) is 5.56 Å². The van der Waals surface area contributed by atoms with Gasteiger partial charge in [0, 0.05) is 5.56 Å². The van der Waals surface area contributed by atoms with Gasteiger partial charge < -0.3 is 0 Å². The molecule has 0 aliphatic heterocycles. The maximum Gasteiger partial charge on any atom is 0.240 e. The summed E-state index contributed by atoms with van der Waals surface area (Å²) in [6, 6.07) is 6.23. The average molecular weight is 195 g/mol. The van der Waals surface area contributed by atoms with Crippen molar-refractivity contribution < 1.29 is 8.42 Å². The number of hydrogen-bond donors (Lipinski definition) is 1. The molecule has 13 heavy (non-hydrogen) atoms. The molecule has 1 N–H and O–H groups in total. The molecule has 0 bridgehead atoms. The van der Waals surface area contributed by atoms with E-state index in [4.69, 9.17) is 6.42 Å². The Morgan fingerprint density at radius 3 is 2.69 bits per heavy atom. The van der Waals surface area contributed by atoms with Crippen molar-refractivity contribution in [3.05, 3.63) is 29.8 Å². The van der Waals surface area contributed by atoms with Crippen LogP contribution in [0.2, 0.25) is 0 Å². The Bertz CT molecular complexity index is 443. The van der Waals surface area contributed by atoms with Crippen LogP contribution in [0, 0.1) is 12.3 Å². The minimum atomic E-state index is -3.38. The highest BCUT2D eigenvalue weighted by Crippen LogP contribution is 2.09. The summed E-state index contributed by atoms with van der Waals surface area (Å²) < 4.78 is 24.8. The quantitative estimate of drug-likeness (QED) is 0.701. The van der Waals surface area contributed by atoms with Crippen LogP contribution in [0.25, 0.3) is 0 Å². The zero-order valence-corrected chi connectivity index (χ0v) is 7.93. The Kier molecular flexibility index (Phi) is 2.71. The normalized spacial score (nSPS) is 10.8. The average Bonchev–Trinajstić information content (AvgIpc) is 2.18. The zero-order chi connectivity index (χ0) is 9.90. The standard InChI is InChI=1S/C9H9NO2S/c1-3-8-5-4-6-9(7-8)13(11,12)10-2/h1,4-7,10H,2H3. The molecule has 0 fully saturated rings. The van der Waals surface area contributed by atoms with Gasteiger partial charge in [-0.3, -0.25) is 0 Å².